The molecule has 1 aliphatic heterocycles. The number of para-hydroxylation sites is 1. The van der Waals surface area contributed by atoms with Crippen LogP contribution in [0.1, 0.15) is 19.4 Å². The predicted molar refractivity (Wildman–Crippen MR) is 108 cm³/mol. The Balaban J connectivity index is 2.11. The van der Waals surface area contributed by atoms with Crippen molar-refractivity contribution < 1.29 is 19.1 Å². The first kappa shape index (κ1) is 19.5. The number of carbonyl (C=O) groups excluding carboxylic acids is 2. The number of hydrogen-bond donors (Lipinski definition) is 1. The van der Waals surface area contributed by atoms with E-state index in [1.807, 2.05) is 44.2 Å². The number of carbonyl (C=O) groups is 2. The quantitative estimate of drug-likeness (QED) is 0.744. The molecular formula is C22H24N2O4. The van der Waals surface area contributed by atoms with Gasteiger partial charge in [0, 0.05) is 23.9 Å². The molecule has 0 unspecified atom stereocenters. The molecule has 0 bridgehead atoms. The van der Waals surface area contributed by atoms with Gasteiger partial charge in [-0.3, -0.25) is 14.5 Å². The Morgan fingerprint density at radius 3 is 2.39 bits per heavy atom. The van der Waals surface area contributed by atoms with Crippen LogP contribution in [0, 0.1) is 5.92 Å². The smallest absolute Gasteiger partial charge is 0.278 e. The van der Waals surface area contributed by atoms with E-state index in [1.165, 1.54) is 4.90 Å². The highest BCUT2D eigenvalue weighted by Crippen LogP contribution is 2.35. The molecule has 2 aromatic carbocycles. The van der Waals surface area contributed by atoms with E-state index >= 15 is 0 Å². The summed E-state index contributed by atoms with van der Waals surface area (Å²) < 4.78 is 10.7. The maximum atomic E-state index is 13.2. The fraction of sp³-hybridized carbons (Fsp3) is 0.273. The molecule has 1 aliphatic rings. The average Bonchev–Trinajstić information content (AvgIpc) is 2.92. The van der Waals surface area contributed by atoms with Crippen molar-refractivity contribution >= 4 is 23.1 Å². The Morgan fingerprint density at radius 2 is 1.71 bits per heavy atom. The molecular weight excluding hydrogens is 356 g/mol. The highest BCUT2D eigenvalue weighted by Gasteiger charge is 2.40. The summed E-state index contributed by atoms with van der Waals surface area (Å²) in [6, 6.07) is 14.4. The highest BCUT2D eigenvalue weighted by atomic mass is 16.5. The zero-order valence-corrected chi connectivity index (χ0v) is 16.5. The van der Waals surface area contributed by atoms with E-state index < -0.39 is 0 Å². The van der Waals surface area contributed by atoms with Crippen LogP contribution in [0.2, 0.25) is 0 Å². The summed E-state index contributed by atoms with van der Waals surface area (Å²) in [7, 11) is 3.12. The van der Waals surface area contributed by atoms with Crippen LogP contribution < -0.4 is 14.8 Å². The van der Waals surface area contributed by atoms with Crippen molar-refractivity contribution in [1.29, 1.82) is 0 Å². The van der Waals surface area contributed by atoms with Crippen LogP contribution in [0.25, 0.3) is 5.57 Å². The third-order valence-electron chi connectivity index (χ3n) is 4.43. The standard InChI is InChI=1S/C22H24N2O4/c1-14(2)13-24-21(25)19(17-10-5-6-11-18(17)28-4)20(22(24)26)23-15-8-7-9-16(12-15)27-3/h5-12,14,23H,13H2,1-4H3. The minimum absolute atomic E-state index is 0.156. The van der Waals surface area contributed by atoms with Gasteiger partial charge in [-0.25, -0.2) is 0 Å². The van der Waals surface area contributed by atoms with Gasteiger partial charge < -0.3 is 14.8 Å². The Morgan fingerprint density at radius 1 is 0.964 bits per heavy atom. The summed E-state index contributed by atoms with van der Waals surface area (Å²) in [6.07, 6.45) is 0. The van der Waals surface area contributed by atoms with Crippen molar-refractivity contribution in [2.45, 2.75) is 13.8 Å². The second-order valence-corrected chi connectivity index (χ2v) is 6.92. The molecule has 2 amide bonds. The van der Waals surface area contributed by atoms with Gasteiger partial charge in [-0.1, -0.05) is 38.1 Å². The molecule has 0 radical (unpaired) electrons. The third-order valence-corrected chi connectivity index (χ3v) is 4.43. The number of amides is 2. The van der Waals surface area contributed by atoms with Gasteiger partial charge in [-0.05, 0) is 24.1 Å². The molecule has 0 spiro atoms. The number of imide groups is 1. The minimum atomic E-state index is -0.345. The SMILES string of the molecule is COc1cccc(NC2=C(c3ccccc3OC)C(=O)N(CC(C)C)C2=O)c1. The van der Waals surface area contributed by atoms with E-state index in [1.54, 1.807) is 32.4 Å². The molecule has 3 rings (SSSR count). The molecule has 0 saturated carbocycles. The summed E-state index contributed by atoms with van der Waals surface area (Å²) in [4.78, 5) is 27.6. The molecule has 1 heterocycles. The van der Waals surface area contributed by atoms with Gasteiger partial charge in [0.1, 0.15) is 17.2 Å². The molecule has 0 saturated heterocycles. The summed E-state index contributed by atoms with van der Waals surface area (Å²) in [5.74, 6) is 0.675. The number of nitrogens with one attached hydrogen (secondary N) is 1. The Labute approximate surface area is 164 Å². The minimum Gasteiger partial charge on any atom is -0.497 e. The van der Waals surface area contributed by atoms with Crippen LogP contribution in [0.4, 0.5) is 5.69 Å². The monoisotopic (exact) mass is 380 g/mol. The van der Waals surface area contributed by atoms with Gasteiger partial charge in [0.05, 0.1) is 19.8 Å². The Bertz CT molecular complexity index is 934. The van der Waals surface area contributed by atoms with Gasteiger partial charge in [-0.2, -0.15) is 0 Å². The predicted octanol–water partition coefficient (Wildman–Crippen LogP) is 3.55. The number of rotatable bonds is 7. The second-order valence-electron chi connectivity index (χ2n) is 6.92. The zero-order chi connectivity index (χ0) is 20.3. The Hall–Kier alpha value is -3.28. The van der Waals surface area contributed by atoms with E-state index in [-0.39, 0.29) is 23.4 Å². The highest BCUT2D eigenvalue weighted by molar-refractivity contribution is 6.37. The van der Waals surface area contributed by atoms with E-state index in [0.717, 1.165) is 0 Å². The number of anilines is 1. The normalized spacial score (nSPS) is 14.1. The van der Waals surface area contributed by atoms with Crippen molar-refractivity contribution in [3.05, 3.63) is 59.8 Å². The van der Waals surface area contributed by atoms with Crippen molar-refractivity contribution in [2.24, 2.45) is 5.92 Å². The number of hydrogen-bond acceptors (Lipinski definition) is 5. The second kappa shape index (κ2) is 8.17. The van der Waals surface area contributed by atoms with E-state index in [2.05, 4.69) is 5.32 Å². The number of ether oxygens (including phenoxy) is 2. The van der Waals surface area contributed by atoms with Crippen LogP contribution in [0.3, 0.4) is 0 Å². The first-order chi connectivity index (χ1) is 13.5. The molecule has 28 heavy (non-hydrogen) atoms. The van der Waals surface area contributed by atoms with Crippen molar-refractivity contribution in [1.82, 2.24) is 4.90 Å². The van der Waals surface area contributed by atoms with E-state index in [4.69, 9.17) is 9.47 Å². The molecule has 0 fully saturated rings. The summed E-state index contributed by atoms with van der Waals surface area (Å²) in [5.41, 5.74) is 1.80. The molecule has 1 N–H and O–H groups in total. The molecule has 6 heteroatoms. The van der Waals surface area contributed by atoms with Gasteiger partial charge in [0.25, 0.3) is 11.8 Å². The van der Waals surface area contributed by atoms with Gasteiger partial charge >= 0.3 is 0 Å². The number of methoxy groups -OCH3 is 2. The topological polar surface area (TPSA) is 67.9 Å². The van der Waals surface area contributed by atoms with Gasteiger partial charge in [0.2, 0.25) is 0 Å². The van der Waals surface area contributed by atoms with Crippen LogP contribution >= 0.6 is 0 Å². The lowest BCUT2D eigenvalue weighted by molar-refractivity contribution is -0.137. The fourth-order valence-corrected chi connectivity index (χ4v) is 3.17. The average molecular weight is 380 g/mol. The van der Waals surface area contributed by atoms with Crippen LogP contribution in [0.5, 0.6) is 11.5 Å². The molecule has 2 aromatic rings. The van der Waals surface area contributed by atoms with Crippen LogP contribution in [-0.2, 0) is 9.59 Å². The van der Waals surface area contributed by atoms with Crippen LogP contribution in [-0.4, -0.2) is 37.5 Å². The number of benzene rings is 2. The van der Waals surface area contributed by atoms with Gasteiger partial charge in [0.15, 0.2) is 0 Å². The molecule has 0 aromatic heterocycles. The van der Waals surface area contributed by atoms with E-state index in [9.17, 15) is 9.59 Å². The molecule has 146 valence electrons. The first-order valence-electron chi connectivity index (χ1n) is 9.11. The zero-order valence-electron chi connectivity index (χ0n) is 16.5. The van der Waals surface area contributed by atoms with Crippen LogP contribution in [0.15, 0.2) is 54.2 Å². The molecule has 0 atom stereocenters. The van der Waals surface area contributed by atoms with Gasteiger partial charge in [-0.15, -0.1) is 0 Å². The Kier molecular flexibility index (Phi) is 5.68. The summed E-state index contributed by atoms with van der Waals surface area (Å²) in [5, 5.41) is 3.13. The third kappa shape index (κ3) is 3.71. The summed E-state index contributed by atoms with van der Waals surface area (Å²) in [6.45, 7) is 4.28. The lowest BCUT2D eigenvalue weighted by Crippen LogP contribution is -2.35. The molecule has 6 nitrogen and oxygen atoms in total. The van der Waals surface area contributed by atoms with Crippen molar-refractivity contribution in [2.75, 3.05) is 26.1 Å². The first-order valence-corrected chi connectivity index (χ1v) is 9.11. The lowest BCUT2D eigenvalue weighted by atomic mass is 10.0. The van der Waals surface area contributed by atoms with Crippen molar-refractivity contribution in [3.63, 3.8) is 0 Å². The molecule has 0 aliphatic carbocycles. The fourth-order valence-electron chi connectivity index (χ4n) is 3.17. The van der Waals surface area contributed by atoms with E-state index in [0.29, 0.717) is 34.9 Å². The summed E-state index contributed by atoms with van der Waals surface area (Å²) >= 11 is 0. The maximum absolute atomic E-state index is 13.2. The maximum Gasteiger partial charge on any atom is 0.278 e. The van der Waals surface area contributed by atoms with Crippen molar-refractivity contribution in [3.8, 4) is 11.5 Å². The lowest BCUT2D eigenvalue weighted by Gasteiger charge is -2.17. The largest absolute Gasteiger partial charge is 0.497 e. The number of nitrogens with zero attached hydrogens (tertiary/aromatic N) is 1.